The van der Waals surface area contributed by atoms with Crippen LogP contribution in [-0.2, 0) is 13.0 Å². The number of ether oxygens (including phenoxy) is 1. The van der Waals surface area contributed by atoms with Gasteiger partial charge in [-0.05, 0) is 49.6 Å². The monoisotopic (exact) mass is 439 g/mol. The SMILES string of the molecule is CCc1nc2ccc(CN3C[C@H](Oc4ccc(C(=O)NC)nc4F)[C@H]3C)c(C)c2[nH]c1=O. The summed E-state index contributed by atoms with van der Waals surface area (Å²) in [7, 11) is 1.46. The normalized spacial score (nSPS) is 18.4. The predicted molar refractivity (Wildman–Crippen MR) is 118 cm³/mol. The number of benzene rings is 1. The van der Waals surface area contributed by atoms with E-state index in [2.05, 4.69) is 25.2 Å². The number of H-pyrrole nitrogens is 1. The molecule has 4 rings (SSSR count). The molecule has 3 aromatic rings. The molecule has 9 heteroatoms. The maximum Gasteiger partial charge on any atom is 0.270 e. The summed E-state index contributed by atoms with van der Waals surface area (Å²) in [5, 5.41) is 2.41. The molecule has 0 aliphatic carbocycles. The van der Waals surface area contributed by atoms with E-state index in [-0.39, 0.29) is 29.1 Å². The van der Waals surface area contributed by atoms with Crippen LogP contribution in [0.4, 0.5) is 4.39 Å². The Morgan fingerprint density at radius 1 is 1.31 bits per heavy atom. The highest BCUT2D eigenvalue weighted by Crippen LogP contribution is 2.28. The van der Waals surface area contributed by atoms with Gasteiger partial charge < -0.3 is 15.0 Å². The van der Waals surface area contributed by atoms with Gasteiger partial charge in [0.25, 0.3) is 17.4 Å². The fraction of sp³-hybridized carbons (Fsp3) is 0.391. The van der Waals surface area contributed by atoms with E-state index in [4.69, 9.17) is 4.74 Å². The van der Waals surface area contributed by atoms with E-state index in [1.165, 1.54) is 19.2 Å². The number of hydrogen-bond donors (Lipinski definition) is 2. The minimum atomic E-state index is -0.801. The van der Waals surface area contributed by atoms with Gasteiger partial charge in [0.2, 0.25) is 0 Å². The summed E-state index contributed by atoms with van der Waals surface area (Å²) in [6.45, 7) is 7.21. The van der Waals surface area contributed by atoms with E-state index >= 15 is 0 Å². The summed E-state index contributed by atoms with van der Waals surface area (Å²) in [6.07, 6.45) is 0.398. The van der Waals surface area contributed by atoms with Crippen LogP contribution in [0.2, 0.25) is 0 Å². The van der Waals surface area contributed by atoms with Gasteiger partial charge in [-0.1, -0.05) is 13.0 Å². The Labute approximate surface area is 184 Å². The van der Waals surface area contributed by atoms with Crippen molar-refractivity contribution < 1.29 is 13.9 Å². The van der Waals surface area contributed by atoms with Crippen molar-refractivity contribution in [1.29, 1.82) is 0 Å². The third-order valence-electron chi connectivity index (χ3n) is 6.10. The molecule has 1 aliphatic heterocycles. The van der Waals surface area contributed by atoms with Crippen molar-refractivity contribution in [1.82, 2.24) is 25.2 Å². The molecule has 8 nitrogen and oxygen atoms in total. The molecule has 3 heterocycles. The molecule has 1 amide bonds. The zero-order valence-corrected chi connectivity index (χ0v) is 18.5. The molecule has 0 spiro atoms. The number of amides is 1. The summed E-state index contributed by atoms with van der Waals surface area (Å²) in [5.74, 6) is -1.22. The molecule has 0 bridgehead atoms. The summed E-state index contributed by atoms with van der Waals surface area (Å²) >= 11 is 0. The van der Waals surface area contributed by atoms with Gasteiger partial charge >= 0.3 is 0 Å². The van der Waals surface area contributed by atoms with Gasteiger partial charge in [-0.2, -0.15) is 4.39 Å². The van der Waals surface area contributed by atoms with Gasteiger partial charge in [0.05, 0.1) is 11.0 Å². The lowest BCUT2D eigenvalue weighted by Gasteiger charge is -2.46. The van der Waals surface area contributed by atoms with Gasteiger partial charge in [0.1, 0.15) is 17.5 Å². The number of aryl methyl sites for hydroxylation is 2. The molecule has 1 aromatic carbocycles. The molecule has 2 N–H and O–H groups in total. The van der Waals surface area contributed by atoms with Gasteiger partial charge in [0.15, 0.2) is 5.75 Å². The summed E-state index contributed by atoms with van der Waals surface area (Å²) in [4.78, 5) is 37.1. The number of nitrogens with zero attached hydrogens (tertiary/aromatic N) is 3. The van der Waals surface area contributed by atoms with Crippen LogP contribution in [0.3, 0.4) is 0 Å². The number of fused-ring (bicyclic) bond motifs is 1. The largest absolute Gasteiger partial charge is 0.483 e. The van der Waals surface area contributed by atoms with Crippen LogP contribution in [0, 0.1) is 12.9 Å². The lowest BCUT2D eigenvalue weighted by Crippen LogP contribution is -2.60. The Balaban J connectivity index is 1.45. The number of likely N-dealkylation sites (tertiary alicyclic amines) is 1. The van der Waals surface area contributed by atoms with Crippen LogP contribution in [0.15, 0.2) is 29.1 Å². The van der Waals surface area contributed by atoms with Crippen molar-refractivity contribution >= 4 is 16.9 Å². The fourth-order valence-corrected chi connectivity index (χ4v) is 3.92. The smallest absolute Gasteiger partial charge is 0.270 e. The minimum absolute atomic E-state index is 0.00556. The van der Waals surface area contributed by atoms with E-state index in [0.29, 0.717) is 25.2 Å². The number of pyridine rings is 1. The molecular formula is C23H26FN5O3. The molecule has 1 saturated heterocycles. The third kappa shape index (κ3) is 3.95. The number of carbonyl (C=O) groups excluding carboxylic acids is 1. The highest BCUT2D eigenvalue weighted by atomic mass is 19.1. The van der Waals surface area contributed by atoms with Crippen LogP contribution in [0.5, 0.6) is 5.75 Å². The van der Waals surface area contributed by atoms with Gasteiger partial charge in [0, 0.05) is 26.2 Å². The van der Waals surface area contributed by atoms with Gasteiger partial charge in [-0.3, -0.25) is 14.5 Å². The Morgan fingerprint density at radius 2 is 2.09 bits per heavy atom. The van der Waals surface area contributed by atoms with Crippen LogP contribution >= 0.6 is 0 Å². The predicted octanol–water partition coefficient (Wildman–Crippen LogP) is 2.34. The molecule has 32 heavy (non-hydrogen) atoms. The Morgan fingerprint density at radius 3 is 2.75 bits per heavy atom. The Kier molecular flexibility index (Phi) is 5.92. The first kappa shape index (κ1) is 21.9. The molecule has 1 fully saturated rings. The van der Waals surface area contributed by atoms with Gasteiger partial charge in [-0.15, -0.1) is 0 Å². The lowest BCUT2D eigenvalue weighted by atomic mass is 9.98. The lowest BCUT2D eigenvalue weighted by molar-refractivity contribution is -0.0433. The second-order valence-corrected chi connectivity index (χ2v) is 8.00. The number of nitrogens with one attached hydrogen (secondary N) is 2. The van der Waals surface area contributed by atoms with E-state index in [9.17, 15) is 14.0 Å². The first-order valence-corrected chi connectivity index (χ1v) is 10.6. The van der Waals surface area contributed by atoms with Crippen LogP contribution < -0.4 is 15.6 Å². The molecule has 0 unspecified atom stereocenters. The van der Waals surface area contributed by atoms with Crippen LogP contribution in [-0.4, -0.2) is 51.5 Å². The second kappa shape index (κ2) is 8.66. The quantitative estimate of drug-likeness (QED) is 0.572. The zero-order valence-electron chi connectivity index (χ0n) is 18.5. The third-order valence-corrected chi connectivity index (χ3v) is 6.10. The van der Waals surface area contributed by atoms with Crippen molar-refractivity contribution in [2.75, 3.05) is 13.6 Å². The van der Waals surface area contributed by atoms with Crippen molar-refractivity contribution in [3.63, 3.8) is 0 Å². The molecule has 0 radical (unpaired) electrons. The average Bonchev–Trinajstić information content (AvgIpc) is 2.79. The second-order valence-electron chi connectivity index (χ2n) is 8.00. The van der Waals surface area contributed by atoms with E-state index in [1.807, 2.05) is 32.9 Å². The number of aromatic nitrogens is 3. The summed E-state index contributed by atoms with van der Waals surface area (Å²) in [5.41, 5.74) is 4.01. The molecule has 2 atom stereocenters. The van der Waals surface area contributed by atoms with Crippen LogP contribution in [0.1, 0.15) is 41.2 Å². The van der Waals surface area contributed by atoms with Crippen LogP contribution in [0.25, 0.3) is 11.0 Å². The molecule has 0 saturated carbocycles. The Bertz CT molecular complexity index is 1240. The highest BCUT2D eigenvalue weighted by molar-refractivity contribution is 5.92. The number of rotatable bonds is 6. The zero-order chi connectivity index (χ0) is 23.0. The minimum Gasteiger partial charge on any atom is -0.483 e. The maximum atomic E-state index is 14.3. The topological polar surface area (TPSA) is 100 Å². The summed E-state index contributed by atoms with van der Waals surface area (Å²) < 4.78 is 20.1. The maximum absolute atomic E-state index is 14.3. The van der Waals surface area contributed by atoms with Crippen molar-refractivity contribution in [2.45, 2.75) is 45.9 Å². The molecule has 2 aromatic heterocycles. The van der Waals surface area contributed by atoms with Crippen molar-refractivity contribution in [3.8, 4) is 5.75 Å². The van der Waals surface area contributed by atoms with E-state index in [1.54, 1.807) is 0 Å². The van der Waals surface area contributed by atoms with Gasteiger partial charge in [-0.25, -0.2) is 9.97 Å². The van der Waals surface area contributed by atoms with Crippen molar-refractivity contribution in [3.05, 3.63) is 63.1 Å². The number of halogens is 1. The highest BCUT2D eigenvalue weighted by Gasteiger charge is 2.38. The standard InChI is InChI=1S/C23H26FN5O3/c1-5-15-23(31)28-20-12(2)14(6-7-16(20)26-15)10-29-11-19(13(29)3)32-18-9-8-17(22(30)25-4)27-21(18)24/h6-9,13,19H,5,10-11H2,1-4H3,(H,25,30)(H,28,31)/t13-,19+/m1/s1. The first-order valence-electron chi connectivity index (χ1n) is 10.6. The first-order chi connectivity index (χ1) is 15.3. The summed E-state index contributed by atoms with van der Waals surface area (Å²) in [6, 6.07) is 6.90. The van der Waals surface area contributed by atoms with Crippen molar-refractivity contribution in [2.24, 2.45) is 0 Å². The molecule has 168 valence electrons. The van der Waals surface area contributed by atoms with E-state index in [0.717, 1.165) is 22.2 Å². The number of carbonyl (C=O) groups is 1. The van der Waals surface area contributed by atoms with E-state index < -0.39 is 11.9 Å². The fourth-order valence-electron chi connectivity index (χ4n) is 3.92. The molecule has 1 aliphatic rings. The molecular weight excluding hydrogens is 413 g/mol. The average molecular weight is 439 g/mol. The Hall–Kier alpha value is -3.33. The number of aromatic amines is 1. The number of hydrogen-bond acceptors (Lipinski definition) is 6.